The van der Waals surface area contributed by atoms with Gasteiger partial charge in [-0.2, -0.15) is 23.5 Å². The second kappa shape index (κ2) is 35.7. The number of nitrogens with zero attached hydrogens (tertiary/aromatic N) is 1. The van der Waals surface area contributed by atoms with Gasteiger partial charge in [-0.25, -0.2) is 0 Å². The summed E-state index contributed by atoms with van der Waals surface area (Å²) in [5.41, 5.74) is 11.9. The summed E-state index contributed by atoms with van der Waals surface area (Å²) in [7, 11) is 0. The molecule has 536 valence electrons. The van der Waals surface area contributed by atoms with Crippen molar-refractivity contribution < 1.29 is 163 Å². The van der Waals surface area contributed by atoms with Crippen LogP contribution in [0.25, 0.3) is 0 Å². The van der Waals surface area contributed by atoms with Gasteiger partial charge in [0.2, 0.25) is 0 Å². The highest BCUT2D eigenvalue weighted by molar-refractivity contribution is 7.99. The number of thioether (sulfide) groups is 2. The van der Waals surface area contributed by atoms with E-state index in [4.69, 9.17) is 77.8 Å². The summed E-state index contributed by atoms with van der Waals surface area (Å²) in [5, 5.41) is 216. The van der Waals surface area contributed by atoms with Crippen molar-refractivity contribution in [2.75, 3.05) is 69.1 Å². The van der Waals surface area contributed by atoms with Crippen molar-refractivity contribution in [1.82, 2.24) is 0 Å². The standard InChI is InChI=1S/C54H95N3O33S2/c1-2-3-4-5-6-7-26(56)57-9-11-92-18-25-47-33(69)40(76)54(83-25)88-45-23(16-62)79-50(36(72)29(45)65)86-42-20(13-59)80-51(37(73)30(42)66)89-46-24(17-91-10-8-55)82-53(39(75)32(46)68)87-44-22(15-61)78-49(35(71)28(44)64)84-41-19(12-58)77-48(34(70)27(41)63)85-43-21(14-60)81-52(90-47)38(74)31(43)67/h19-25,27-54,58-76H,2-18,55H2,1H3,(H2,56,57). The number of rotatable bonds is 20. The number of hydrogen-bond donors (Lipinski definition) is 21. The highest BCUT2D eigenvalue weighted by Gasteiger charge is 2.59. The van der Waals surface area contributed by atoms with Crippen molar-refractivity contribution >= 4 is 29.4 Å². The first-order valence-corrected chi connectivity index (χ1v) is 33.2. The summed E-state index contributed by atoms with van der Waals surface area (Å²) in [6.45, 7) is -2.59. The van der Waals surface area contributed by atoms with E-state index in [9.17, 15) is 97.0 Å². The van der Waals surface area contributed by atoms with Crippen LogP contribution in [0.2, 0.25) is 0 Å². The zero-order valence-electron chi connectivity index (χ0n) is 50.4. The second-order valence-electron chi connectivity index (χ2n) is 23.8. The predicted molar refractivity (Wildman–Crippen MR) is 308 cm³/mol. The molecule has 0 amide bonds. The van der Waals surface area contributed by atoms with Gasteiger partial charge in [0, 0.05) is 42.5 Å². The first-order chi connectivity index (χ1) is 44.0. The first-order valence-electron chi connectivity index (χ1n) is 30.9. The normalized spacial score (nSPS) is 48.5. The van der Waals surface area contributed by atoms with Crippen molar-refractivity contribution in [2.24, 2.45) is 16.5 Å². The van der Waals surface area contributed by atoms with Gasteiger partial charge in [0.05, 0.1) is 51.1 Å². The Balaban J connectivity index is 1.08. The highest BCUT2D eigenvalue weighted by atomic mass is 32.2. The number of nitrogens with two attached hydrogens (primary N) is 2. The van der Waals surface area contributed by atoms with Crippen LogP contribution < -0.4 is 11.5 Å². The lowest BCUT2D eigenvalue weighted by Gasteiger charge is -2.50. The minimum Gasteiger partial charge on any atom is -0.394 e. The Bertz CT molecular complexity index is 2200. The van der Waals surface area contributed by atoms with Crippen molar-refractivity contribution in [3.8, 4) is 0 Å². The van der Waals surface area contributed by atoms with E-state index in [1.165, 1.54) is 11.8 Å². The number of aliphatic imine (C=N–C) groups is 1. The third kappa shape index (κ3) is 17.7. The Kier molecular flexibility index (Phi) is 29.7. The number of aliphatic hydroxyl groups excluding tert-OH is 19. The van der Waals surface area contributed by atoms with Crippen LogP contribution in [0.1, 0.15) is 45.4 Å². The largest absolute Gasteiger partial charge is 0.394 e. The van der Waals surface area contributed by atoms with E-state index in [2.05, 4.69) is 11.9 Å². The number of amidine groups is 1. The minimum atomic E-state index is -2.19. The zero-order chi connectivity index (χ0) is 66.8. The Morgan fingerprint density at radius 2 is 0.565 bits per heavy atom. The molecule has 23 N–H and O–H groups in total. The molecule has 21 aliphatic rings. The van der Waals surface area contributed by atoms with Crippen molar-refractivity contribution in [1.29, 1.82) is 0 Å². The highest BCUT2D eigenvalue weighted by Crippen LogP contribution is 2.40. The monoisotopic (exact) mass is 1380 g/mol. The van der Waals surface area contributed by atoms with E-state index in [0.717, 1.165) is 43.9 Å². The summed E-state index contributed by atoms with van der Waals surface area (Å²) in [6, 6.07) is 0. The van der Waals surface area contributed by atoms with Crippen molar-refractivity contribution in [2.45, 2.75) is 260 Å². The van der Waals surface area contributed by atoms with Crippen LogP contribution in [-0.4, -0.2) is 387 Å². The Morgan fingerprint density at radius 3 is 0.815 bits per heavy atom. The molecule has 0 aromatic rings. The van der Waals surface area contributed by atoms with Gasteiger partial charge in [-0.3, -0.25) is 4.99 Å². The van der Waals surface area contributed by atoms with E-state index >= 15 is 0 Å². The molecule has 0 aromatic heterocycles. The molecule has 0 radical (unpaired) electrons. The smallest absolute Gasteiger partial charge is 0.187 e. The third-order valence-corrected chi connectivity index (χ3v) is 19.5. The summed E-state index contributed by atoms with van der Waals surface area (Å²) in [4.78, 5) is 4.44. The summed E-state index contributed by atoms with van der Waals surface area (Å²) >= 11 is 2.36. The molecule has 0 spiro atoms. The maximum atomic E-state index is 11.9. The van der Waals surface area contributed by atoms with Crippen LogP contribution in [0, 0.1) is 0 Å². The molecule has 0 aromatic carbocycles. The number of ether oxygens (including phenoxy) is 14. The lowest BCUT2D eigenvalue weighted by Crippen LogP contribution is -2.68. The summed E-state index contributed by atoms with van der Waals surface area (Å²) in [6.07, 6.45) is -62.1. The van der Waals surface area contributed by atoms with Crippen LogP contribution in [0.3, 0.4) is 0 Å². The van der Waals surface area contributed by atoms with Crippen LogP contribution in [0.15, 0.2) is 4.99 Å². The number of unbranched alkanes of at least 4 members (excludes halogenated alkanes) is 4. The molecule has 0 aliphatic carbocycles. The Hall–Kier alpha value is -1.19. The summed E-state index contributed by atoms with van der Waals surface area (Å²) in [5.74, 6) is 0.805. The lowest BCUT2D eigenvalue weighted by atomic mass is 9.95. The van der Waals surface area contributed by atoms with E-state index < -0.39 is 248 Å². The van der Waals surface area contributed by atoms with Gasteiger partial charge in [-0.1, -0.05) is 32.6 Å². The molecular weight excluding hydrogens is 1280 g/mol. The molecule has 21 fully saturated rings. The molecule has 92 heavy (non-hydrogen) atoms. The Morgan fingerprint density at radius 1 is 0.326 bits per heavy atom. The van der Waals surface area contributed by atoms with Gasteiger partial charge < -0.3 is 175 Å². The van der Waals surface area contributed by atoms with Crippen LogP contribution >= 0.6 is 23.5 Å². The molecule has 35 unspecified atom stereocenters. The molecule has 0 saturated carbocycles. The van der Waals surface area contributed by atoms with Crippen LogP contribution in [-0.2, 0) is 66.3 Å². The predicted octanol–water partition coefficient (Wildman–Crippen LogP) is -11.1. The Labute approximate surface area is 537 Å². The molecule has 21 rings (SSSR count). The molecule has 21 heterocycles. The molecule has 36 nitrogen and oxygen atoms in total. The fourth-order valence-corrected chi connectivity index (χ4v) is 13.8. The quantitative estimate of drug-likeness (QED) is 0.0306. The molecule has 14 bridgehead atoms. The number of aliphatic hydroxyl groups is 19. The third-order valence-electron chi connectivity index (χ3n) is 17.3. The van der Waals surface area contributed by atoms with Gasteiger partial charge in [-0.05, 0) is 6.42 Å². The summed E-state index contributed by atoms with van der Waals surface area (Å²) < 4.78 is 83.1. The zero-order valence-corrected chi connectivity index (χ0v) is 52.0. The maximum absolute atomic E-state index is 11.9. The molecule has 21 aliphatic heterocycles. The molecular formula is C54H95N3O33S2. The topological polar surface area (TPSA) is 578 Å². The SMILES string of the molecule is CCCCCCCC(N)=NCCSCC1OC2OC3C(CO)OC(OC4C(CO)OC(OC5C(CSCCN)OC(OC6C(CO)OC(OC7C(CO)OC(OC8C(CO)OC(OC1C(O)C2O)C(O)C8O)C(O)C7O)C(O)C6O)C(O)C5O)C(O)C4O)C(O)C3O. The molecule has 21 saturated heterocycles. The van der Waals surface area contributed by atoms with E-state index in [0.29, 0.717) is 23.8 Å². The molecule has 38 heteroatoms. The molecule has 35 atom stereocenters. The van der Waals surface area contributed by atoms with Crippen LogP contribution in [0.5, 0.6) is 0 Å². The minimum absolute atomic E-state index is 0.102. The van der Waals surface area contributed by atoms with Crippen molar-refractivity contribution in [3.05, 3.63) is 0 Å². The van der Waals surface area contributed by atoms with Gasteiger partial charge in [-0.15, -0.1) is 0 Å². The average Bonchev–Trinajstić information content (AvgIpc) is 0.800. The fourth-order valence-electron chi connectivity index (χ4n) is 12.1. The van der Waals surface area contributed by atoms with Crippen molar-refractivity contribution in [3.63, 3.8) is 0 Å². The van der Waals surface area contributed by atoms with Gasteiger partial charge in [0.1, 0.15) is 159 Å². The average molecular weight is 1380 g/mol. The first kappa shape index (κ1) is 76.6. The lowest BCUT2D eigenvalue weighted by molar-refractivity contribution is -0.395. The fraction of sp³-hybridized carbons (Fsp3) is 0.981. The second-order valence-corrected chi connectivity index (χ2v) is 26.1. The van der Waals surface area contributed by atoms with E-state index in [1.54, 1.807) is 0 Å². The van der Waals surface area contributed by atoms with Gasteiger partial charge in [0.25, 0.3) is 0 Å². The maximum Gasteiger partial charge on any atom is 0.187 e. The van der Waals surface area contributed by atoms with E-state index in [1.807, 2.05) is 0 Å². The van der Waals surface area contributed by atoms with Gasteiger partial charge in [0.15, 0.2) is 44.0 Å². The van der Waals surface area contributed by atoms with Crippen LogP contribution in [0.4, 0.5) is 0 Å². The number of hydrogen-bond acceptors (Lipinski definition) is 37. The van der Waals surface area contributed by atoms with E-state index in [-0.39, 0.29) is 24.6 Å². The van der Waals surface area contributed by atoms with Gasteiger partial charge >= 0.3 is 0 Å².